The van der Waals surface area contributed by atoms with Crippen LogP contribution in [0.3, 0.4) is 0 Å². The molecule has 8 atom stereocenters. The molecule has 1 saturated carbocycles. The van der Waals surface area contributed by atoms with Crippen LogP contribution in [0.2, 0.25) is 0 Å². The first-order chi connectivity index (χ1) is 19.5. The summed E-state index contributed by atoms with van der Waals surface area (Å²) in [6.07, 6.45) is 2.54. The third kappa shape index (κ3) is 7.68. The van der Waals surface area contributed by atoms with Crippen molar-refractivity contribution < 1.29 is 43.2 Å². The molecule has 0 heterocycles. The third-order valence-electron chi connectivity index (χ3n) is 8.31. The molecule has 0 amide bonds. The van der Waals surface area contributed by atoms with Crippen molar-refractivity contribution in [3.8, 4) is 0 Å². The van der Waals surface area contributed by atoms with Crippen LogP contribution >= 0.6 is 0 Å². The maximum atomic E-state index is 13.2. The third-order valence-corrected chi connectivity index (χ3v) is 8.31. The zero-order valence-electron chi connectivity index (χ0n) is 25.8. The molecule has 1 fully saturated rings. The zero-order chi connectivity index (χ0) is 31.4. The molecule has 2 aliphatic carbocycles. The summed E-state index contributed by atoms with van der Waals surface area (Å²) < 4.78 is 23.3. The van der Waals surface area contributed by atoms with Crippen LogP contribution < -0.4 is 0 Å². The fourth-order valence-corrected chi connectivity index (χ4v) is 6.17. The van der Waals surface area contributed by atoms with Crippen LogP contribution in [0.15, 0.2) is 54.1 Å². The molecule has 9 nitrogen and oxygen atoms in total. The molecule has 2 aliphatic rings. The highest BCUT2D eigenvalue weighted by Gasteiger charge is 2.58. The van der Waals surface area contributed by atoms with Crippen LogP contribution in [0.1, 0.15) is 78.6 Å². The summed E-state index contributed by atoms with van der Waals surface area (Å²) >= 11 is 0. The highest BCUT2D eigenvalue weighted by Crippen LogP contribution is 2.48. The molecule has 42 heavy (non-hydrogen) atoms. The summed E-state index contributed by atoms with van der Waals surface area (Å²) in [4.78, 5) is 49.9. The van der Waals surface area contributed by atoms with Gasteiger partial charge >= 0.3 is 23.9 Å². The average molecular weight is 585 g/mol. The summed E-state index contributed by atoms with van der Waals surface area (Å²) in [6.45, 7) is 13.2. The lowest BCUT2D eigenvalue weighted by molar-refractivity contribution is -0.173. The van der Waals surface area contributed by atoms with Gasteiger partial charge in [-0.2, -0.15) is 0 Å². The molecular weight excluding hydrogens is 540 g/mol. The Morgan fingerprint density at radius 1 is 0.881 bits per heavy atom. The molecule has 0 aliphatic heterocycles. The quantitative estimate of drug-likeness (QED) is 0.290. The van der Waals surface area contributed by atoms with Gasteiger partial charge in [-0.15, -0.1) is 0 Å². The van der Waals surface area contributed by atoms with Gasteiger partial charge < -0.3 is 24.1 Å². The monoisotopic (exact) mass is 584 g/mol. The molecule has 0 radical (unpaired) electrons. The van der Waals surface area contributed by atoms with Crippen LogP contribution in [0.5, 0.6) is 0 Å². The lowest BCUT2D eigenvalue weighted by Gasteiger charge is -2.41. The number of carbonyl (C=O) groups is 4. The van der Waals surface area contributed by atoms with E-state index in [1.54, 1.807) is 43.3 Å². The molecule has 0 bridgehead atoms. The van der Waals surface area contributed by atoms with Crippen LogP contribution in [0.4, 0.5) is 0 Å². The van der Waals surface area contributed by atoms with Crippen molar-refractivity contribution in [3.63, 3.8) is 0 Å². The first kappa shape index (κ1) is 33.0. The van der Waals surface area contributed by atoms with E-state index in [-0.39, 0.29) is 18.8 Å². The van der Waals surface area contributed by atoms with Gasteiger partial charge in [0.05, 0.1) is 5.56 Å². The maximum absolute atomic E-state index is 13.2. The van der Waals surface area contributed by atoms with Crippen LogP contribution in [0.25, 0.3) is 0 Å². The Kier molecular flexibility index (Phi) is 10.4. The van der Waals surface area contributed by atoms with Gasteiger partial charge in [0, 0.05) is 44.4 Å². The van der Waals surface area contributed by atoms with Gasteiger partial charge in [0.25, 0.3) is 0 Å². The van der Waals surface area contributed by atoms with Crippen molar-refractivity contribution >= 4 is 23.9 Å². The summed E-state index contributed by atoms with van der Waals surface area (Å²) in [7, 11) is 0. The van der Waals surface area contributed by atoms with Gasteiger partial charge in [-0.25, -0.2) is 4.79 Å². The largest absolute Gasteiger partial charge is 0.461 e. The SMILES string of the molecule is CC(=O)O[C@@H]1[C@@H](C)/C=C/C(C)(C)[C@H](OC(C)=O)C[C@@H](OC(C)=O)/C(C)=C/[C@H]2[C@@H](OC(=O)c3ccccc3)[C@@H](C)C[C@]12O. The molecule has 1 aromatic carbocycles. The van der Waals surface area contributed by atoms with Gasteiger partial charge in [0.1, 0.15) is 30.0 Å². The minimum Gasteiger partial charge on any atom is -0.461 e. The Morgan fingerprint density at radius 2 is 1.48 bits per heavy atom. The van der Waals surface area contributed by atoms with Gasteiger partial charge in [-0.3, -0.25) is 14.4 Å². The summed E-state index contributed by atoms with van der Waals surface area (Å²) in [5, 5.41) is 12.5. The van der Waals surface area contributed by atoms with E-state index < -0.39 is 71.1 Å². The molecule has 3 rings (SSSR count). The number of aliphatic hydroxyl groups is 1. The molecule has 0 saturated heterocycles. The van der Waals surface area contributed by atoms with Crippen molar-refractivity contribution in [2.75, 3.05) is 0 Å². The first-order valence-corrected chi connectivity index (χ1v) is 14.4. The summed E-state index contributed by atoms with van der Waals surface area (Å²) in [6, 6.07) is 8.57. The number of ether oxygens (including phenoxy) is 4. The van der Waals surface area contributed by atoms with E-state index in [0.29, 0.717) is 11.1 Å². The van der Waals surface area contributed by atoms with Crippen molar-refractivity contribution in [1.29, 1.82) is 0 Å². The van der Waals surface area contributed by atoms with Gasteiger partial charge in [0.2, 0.25) is 0 Å². The summed E-state index contributed by atoms with van der Waals surface area (Å²) in [5.41, 5.74) is -1.39. The predicted octanol–water partition coefficient (Wildman–Crippen LogP) is 4.96. The topological polar surface area (TPSA) is 125 Å². The fraction of sp³-hybridized carbons (Fsp3) is 0.576. The van der Waals surface area contributed by atoms with E-state index in [9.17, 15) is 24.3 Å². The molecule has 1 N–H and O–H groups in total. The number of esters is 4. The Morgan fingerprint density at radius 3 is 2.05 bits per heavy atom. The van der Waals surface area contributed by atoms with Gasteiger partial charge in [0.15, 0.2) is 0 Å². The number of fused-ring (bicyclic) bond motifs is 1. The lowest BCUT2D eigenvalue weighted by Crippen LogP contribution is -2.52. The van der Waals surface area contributed by atoms with Gasteiger partial charge in [-0.05, 0) is 37.0 Å². The Balaban J connectivity index is 2.20. The second-order valence-corrected chi connectivity index (χ2v) is 12.3. The highest BCUT2D eigenvalue weighted by atomic mass is 16.6. The number of hydrogen-bond acceptors (Lipinski definition) is 9. The molecular formula is C33H44O9. The van der Waals surface area contributed by atoms with E-state index in [1.807, 2.05) is 39.8 Å². The number of benzene rings is 1. The molecule has 1 aromatic rings. The number of hydrogen-bond donors (Lipinski definition) is 1. The summed E-state index contributed by atoms with van der Waals surface area (Å²) in [5.74, 6) is -3.71. The van der Waals surface area contributed by atoms with Crippen molar-refractivity contribution in [2.24, 2.45) is 23.2 Å². The fourth-order valence-electron chi connectivity index (χ4n) is 6.17. The molecule has 0 spiro atoms. The van der Waals surface area contributed by atoms with Crippen molar-refractivity contribution in [2.45, 2.75) is 98.2 Å². The normalized spacial score (nSPS) is 34.7. The Hall–Kier alpha value is -3.46. The van der Waals surface area contributed by atoms with E-state index in [4.69, 9.17) is 18.9 Å². The molecule has 9 heteroatoms. The second kappa shape index (κ2) is 13.2. The first-order valence-electron chi connectivity index (χ1n) is 14.4. The standard InChI is InChI=1S/C33H44O9/c1-19-14-15-32(7,8)28(40-23(5)35)17-27(39-22(4)34)20(2)16-26-29(42-31(37)25-12-10-9-11-13-25)21(3)18-33(26,38)30(19)41-24(6)36/h9-16,19,21,26-30,38H,17-18H2,1-8H3/b15-14+,20-16+/t19-,21-,26-,27+,28+,29-,30+,33+/m0/s1. The lowest BCUT2D eigenvalue weighted by atomic mass is 9.75. The minimum atomic E-state index is -1.63. The van der Waals surface area contributed by atoms with E-state index in [1.165, 1.54) is 20.8 Å². The van der Waals surface area contributed by atoms with Crippen LogP contribution in [-0.4, -0.2) is 59.0 Å². The minimum absolute atomic E-state index is 0.162. The van der Waals surface area contributed by atoms with Crippen molar-refractivity contribution in [1.82, 2.24) is 0 Å². The van der Waals surface area contributed by atoms with Crippen LogP contribution in [-0.2, 0) is 33.3 Å². The van der Waals surface area contributed by atoms with E-state index in [0.717, 1.165) is 0 Å². The van der Waals surface area contributed by atoms with E-state index >= 15 is 0 Å². The predicted molar refractivity (Wildman–Crippen MR) is 155 cm³/mol. The second-order valence-electron chi connectivity index (χ2n) is 12.3. The average Bonchev–Trinajstić information content (AvgIpc) is 3.13. The smallest absolute Gasteiger partial charge is 0.338 e. The maximum Gasteiger partial charge on any atom is 0.338 e. The van der Waals surface area contributed by atoms with E-state index in [2.05, 4.69) is 0 Å². The Bertz CT molecular complexity index is 1220. The Labute approximate surface area is 248 Å². The molecule has 0 aromatic heterocycles. The zero-order valence-corrected chi connectivity index (χ0v) is 25.8. The number of carbonyl (C=O) groups excluding carboxylic acids is 4. The molecule has 0 unspecified atom stereocenters. The highest BCUT2D eigenvalue weighted by molar-refractivity contribution is 5.89. The number of rotatable bonds is 5. The van der Waals surface area contributed by atoms with Gasteiger partial charge in [-0.1, -0.05) is 64.1 Å². The molecule has 230 valence electrons. The van der Waals surface area contributed by atoms with Crippen LogP contribution in [0, 0.1) is 23.2 Å². The van der Waals surface area contributed by atoms with Crippen molar-refractivity contribution in [3.05, 3.63) is 59.7 Å².